The van der Waals surface area contributed by atoms with Gasteiger partial charge in [-0.3, -0.25) is 0 Å². The van der Waals surface area contributed by atoms with Crippen molar-refractivity contribution in [1.82, 2.24) is 4.31 Å². The minimum atomic E-state index is -3.91. The monoisotopic (exact) mass is 561 g/mol. The molecular formula is C25H23NO6S4. The Morgan fingerprint density at radius 3 is 2.19 bits per heavy atom. The summed E-state index contributed by atoms with van der Waals surface area (Å²) < 4.78 is 75.5. The van der Waals surface area contributed by atoms with Gasteiger partial charge in [0.1, 0.15) is 4.21 Å². The third-order valence-electron chi connectivity index (χ3n) is 5.49. The molecule has 1 unspecified atom stereocenters. The van der Waals surface area contributed by atoms with Gasteiger partial charge in [-0.2, -0.15) is 4.31 Å². The summed E-state index contributed by atoms with van der Waals surface area (Å²) in [6, 6.07) is 23.3. The zero-order chi connectivity index (χ0) is 25.9. The first-order chi connectivity index (χ1) is 17.1. The van der Waals surface area contributed by atoms with Crippen molar-refractivity contribution in [3.8, 4) is 11.1 Å². The van der Waals surface area contributed by atoms with Gasteiger partial charge >= 0.3 is 0 Å². The van der Waals surface area contributed by atoms with Crippen LogP contribution >= 0.6 is 11.3 Å². The third kappa shape index (κ3) is 5.83. The maximum Gasteiger partial charge on any atom is 0.253 e. The second kappa shape index (κ2) is 10.8. The lowest BCUT2D eigenvalue weighted by Crippen LogP contribution is -2.30. The molecule has 0 aliphatic carbocycles. The lowest BCUT2D eigenvalue weighted by atomic mass is 10.0. The SMILES string of the molecule is CS(=O)(=O)c1cc(-c2ccccc2S(=O)O)ccc1CN(Cc1ccccc1)S(=O)(=O)c1cccs1. The molecule has 7 nitrogen and oxygen atoms in total. The van der Waals surface area contributed by atoms with Gasteiger partial charge in [-0.1, -0.05) is 66.7 Å². The van der Waals surface area contributed by atoms with Crippen LogP contribution in [0.15, 0.2) is 104 Å². The molecule has 0 amide bonds. The van der Waals surface area contributed by atoms with Crippen LogP contribution in [0.25, 0.3) is 11.1 Å². The number of hydrogen-bond donors (Lipinski definition) is 1. The van der Waals surface area contributed by atoms with Crippen molar-refractivity contribution in [2.45, 2.75) is 27.1 Å². The summed E-state index contributed by atoms with van der Waals surface area (Å²) in [4.78, 5) is 0.105. The number of hydrogen-bond acceptors (Lipinski definition) is 6. The molecule has 1 aromatic heterocycles. The van der Waals surface area contributed by atoms with E-state index < -0.39 is 30.9 Å². The fourth-order valence-corrected chi connectivity index (χ4v) is 7.87. The summed E-state index contributed by atoms with van der Waals surface area (Å²) in [6.45, 7) is -0.121. The van der Waals surface area contributed by atoms with Crippen molar-refractivity contribution in [2.24, 2.45) is 0 Å². The Balaban J connectivity index is 1.81. The van der Waals surface area contributed by atoms with Crippen LogP contribution in [0.2, 0.25) is 0 Å². The number of sulfonamides is 1. The number of rotatable bonds is 9. The molecule has 188 valence electrons. The van der Waals surface area contributed by atoms with Crippen molar-refractivity contribution in [1.29, 1.82) is 0 Å². The molecule has 1 N–H and O–H groups in total. The van der Waals surface area contributed by atoms with E-state index in [0.717, 1.165) is 23.2 Å². The van der Waals surface area contributed by atoms with E-state index in [2.05, 4.69) is 0 Å². The first kappa shape index (κ1) is 26.4. The largest absolute Gasteiger partial charge is 0.302 e. The minimum absolute atomic E-state index is 0.0435. The van der Waals surface area contributed by atoms with E-state index in [0.29, 0.717) is 16.7 Å². The zero-order valence-corrected chi connectivity index (χ0v) is 22.4. The van der Waals surface area contributed by atoms with E-state index in [1.807, 2.05) is 30.3 Å². The summed E-state index contributed by atoms with van der Waals surface area (Å²) in [5.74, 6) is 0. The van der Waals surface area contributed by atoms with E-state index in [4.69, 9.17) is 0 Å². The standard InChI is InChI=1S/C25H23NO6S4/c1-35(29,30)24-16-20(22-10-5-6-11-23(22)34(27)28)13-14-21(24)18-26(17-19-8-3-2-4-9-19)36(31,32)25-12-7-15-33-25/h2-16H,17-18H2,1H3,(H,27,28). The van der Waals surface area contributed by atoms with Gasteiger partial charge in [0.25, 0.3) is 10.0 Å². The predicted octanol–water partition coefficient (Wildman–Crippen LogP) is 4.79. The van der Waals surface area contributed by atoms with Crippen LogP contribution < -0.4 is 0 Å². The Labute approximate surface area is 217 Å². The van der Waals surface area contributed by atoms with E-state index in [-0.39, 0.29) is 27.1 Å². The molecule has 0 fully saturated rings. The highest BCUT2D eigenvalue weighted by atomic mass is 32.2. The molecule has 0 saturated heterocycles. The van der Waals surface area contributed by atoms with E-state index >= 15 is 0 Å². The van der Waals surface area contributed by atoms with Crippen LogP contribution in [0.3, 0.4) is 0 Å². The number of thiophene rings is 1. The van der Waals surface area contributed by atoms with Gasteiger partial charge in [0.05, 0.1) is 9.79 Å². The van der Waals surface area contributed by atoms with Gasteiger partial charge in [0.2, 0.25) is 0 Å². The van der Waals surface area contributed by atoms with Gasteiger partial charge in [-0.25, -0.2) is 21.0 Å². The Hall–Kier alpha value is -2.67. The number of sulfone groups is 1. The van der Waals surface area contributed by atoms with Crippen LogP contribution in [0.4, 0.5) is 0 Å². The van der Waals surface area contributed by atoms with Crippen LogP contribution in [-0.4, -0.2) is 36.2 Å². The average Bonchev–Trinajstić information content (AvgIpc) is 3.40. The van der Waals surface area contributed by atoms with Crippen molar-refractivity contribution < 1.29 is 25.6 Å². The quantitative estimate of drug-likeness (QED) is 0.294. The molecule has 0 bridgehead atoms. The fourth-order valence-electron chi connectivity index (χ4n) is 3.80. The van der Waals surface area contributed by atoms with Gasteiger partial charge < -0.3 is 4.55 Å². The molecule has 0 spiro atoms. The molecule has 0 aliphatic rings. The van der Waals surface area contributed by atoms with Crippen LogP contribution in [0.5, 0.6) is 0 Å². The molecule has 3 aromatic carbocycles. The third-order valence-corrected chi connectivity index (χ3v) is 10.6. The maximum absolute atomic E-state index is 13.5. The smallest absolute Gasteiger partial charge is 0.253 e. The molecule has 36 heavy (non-hydrogen) atoms. The molecule has 1 heterocycles. The highest BCUT2D eigenvalue weighted by Crippen LogP contribution is 2.32. The molecule has 11 heteroatoms. The second-order valence-corrected chi connectivity index (χ2v) is 14.1. The highest BCUT2D eigenvalue weighted by Gasteiger charge is 2.28. The molecule has 1 atom stereocenters. The summed E-state index contributed by atoms with van der Waals surface area (Å²) in [5, 5.41) is 1.67. The van der Waals surface area contributed by atoms with Crippen molar-refractivity contribution in [3.05, 3.63) is 101 Å². The van der Waals surface area contributed by atoms with Gasteiger partial charge in [0.15, 0.2) is 20.9 Å². The normalized spacial score (nSPS) is 13.1. The summed E-state index contributed by atoms with van der Waals surface area (Å²) in [7, 11) is -7.68. The van der Waals surface area contributed by atoms with E-state index in [9.17, 15) is 25.6 Å². The minimum Gasteiger partial charge on any atom is -0.302 e. The molecule has 4 rings (SSSR count). The van der Waals surface area contributed by atoms with Gasteiger partial charge in [-0.05, 0) is 40.3 Å². The number of benzene rings is 3. The summed E-state index contributed by atoms with van der Waals surface area (Å²) in [6.07, 6.45) is 1.06. The Morgan fingerprint density at radius 2 is 1.56 bits per heavy atom. The lowest BCUT2D eigenvalue weighted by molar-refractivity contribution is 0.399. The second-order valence-electron chi connectivity index (χ2n) is 8.03. The molecule has 0 radical (unpaired) electrons. The van der Waals surface area contributed by atoms with Gasteiger partial charge in [0, 0.05) is 24.9 Å². The predicted molar refractivity (Wildman–Crippen MR) is 141 cm³/mol. The van der Waals surface area contributed by atoms with Gasteiger partial charge in [-0.15, -0.1) is 11.3 Å². The Morgan fingerprint density at radius 1 is 0.861 bits per heavy atom. The number of nitrogens with zero attached hydrogens (tertiary/aromatic N) is 1. The average molecular weight is 562 g/mol. The van der Waals surface area contributed by atoms with Crippen molar-refractivity contribution >= 4 is 42.3 Å². The first-order valence-electron chi connectivity index (χ1n) is 10.7. The molecule has 0 aliphatic heterocycles. The van der Waals surface area contributed by atoms with Crippen molar-refractivity contribution in [3.63, 3.8) is 0 Å². The molecular weight excluding hydrogens is 539 g/mol. The lowest BCUT2D eigenvalue weighted by Gasteiger charge is -2.23. The summed E-state index contributed by atoms with van der Waals surface area (Å²) in [5.41, 5.74) is 1.92. The molecule has 0 saturated carbocycles. The summed E-state index contributed by atoms with van der Waals surface area (Å²) >= 11 is -1.18. The Kier molecular flexibility index (Phi) is 7.88. The van der Waals surface area contributed by atoms with E-state index in [1.165, 1.54) is 22.5 Å². The maximum atomic E-state index is 13.5. The fraction of sp³-hybridized carbons (Fsp3) is 0.120. The topological polar surface area (TPSA) is 109 Å². The van der Waals surface area contributed by atoms with Crippen LogP contribution in [0, 0.1) is 0 Å². The molecule has 4 aromatic rings. The Bertz CT molecular complexity index is 1600. The zero-order valence-electron chi connectivity index (χ0n) is 19.1. The van der Waals surface area contributed by atoms with Crippen LogP contribution in [-0.2, 0) is 44.0 Å². The highest BCUT2D eigenvalue weighted by molar-refractivity contribution is 7.91. The van der Waals surface area contributed by atoms with Crippen LogP contribution in [0.1, 0.15) is 11.1 Å². The van der Waals surface area contributed by atoms with E-state index in [1.54, 1.807) is 41.8 Å². The first-order valence-corrected chi connectivity index (χ1v) is 16.0. The van der Waals surface area contributed by atoms with Crippen molar-refractivity contribution in [2.75, 3.05) is 6.26 Å².